The van der Waals surface area contributed by atoms with Crippen LogP contribution in [0.5, 0.6) is 0 Å². The monoisotopic (exact) mass is 290 g/mol. The maximum absolute atomic E-state index is 13.3. The lowest BCUT2D eigenvalue weighted by Crippen LogP contribution is -2.33. The van der Waals surface area contributed by atoms with Gasteiger partial charge in [-0.25, -0.2) is 8.78 Å². The number of carbonyl (C=O) groups is 2. The molecular formula is C15H12F2N2O2. The number of nitrogens with one attached hydrogen (secondary N) is 2. The van der Waals surface area contributed by atoms with Crippen LogP contribution < -0.4 is 10.6 Å². The predicted molar refractivity (Wildman–Crippen MR) is 73.8 cm³/mol. The van der Waals surface area contributed by atoms with Crippen LogP contribution in [0.2, 0.25) is 0 Å². The van der Waals surface area contributed by atoms with Crippen molar-refractivity contribution >= 4 is 17.5 Å². The van der Waals surface area contributed by atoms with Crippen LogP contribution in [0, 0.1) is 11.6 Å². The van der Waals surface area contributed by atoms with Gasteiger partial charge < -0.3 is 10.6 Å². The van der Waals surface area contributed by atoms with E-state index in [1.165, 1.54) is 0 Å². The number of rotatable bonds is 4. The first-order chi connectivity index (χ1) is 10.1. The van der Waals surface area contributed by atoms with Gasteiger partial charge in [-0.3, -0.25) is 9.59 Å². The molecule has 0 aliphatic heterocycles. The highest BCUT2D eigenvalue weighted by molar-refractivity contribution is 5.99. The fraction of sp³-hybridized carbons (Fsp3) is 0.0667. The number of carbonyl (C=O) groups excluding carboxylic acids is 2. The van der Waals surface area contributed by atoms with Gasteiger partial charge in [0.2, 0.25) is 5.91 Å². The van der Waals surface area contributed by atoms with E-state index in [2.05, 4.69) is 10.6 Å². The molecule has 0 aromatic heterocycles. The zero-order valence-corrected chi connectivity index (χ0v) is 10.9. The molecule has 2 amide bonds. The Hall–Kier alpha value is -2.76. The number of benzene rings is 2. The molecule has 2 N–H and O–H groups in total. The number of hydrogen-bond donors (Lipinski definition) is 2. The van der Waals surface area contributed by atoms with Crippen LogP contribution >= 0.6 is 0 Å². The fourth-order valence-corrected chi connectivity index (χ4v) is 1.64. The normalized spacial score (nSPS) is 10.0. The Kier molecular flexibility index (Phi) is 4.61. The summed E-state index contributed by atoms with van der Waals surface area (Å²) < 4.78 is 26.0. The average Bonchev–Trinajstić information content (AvgIpc) is 2.48. The average molecular weight is 290 g/mol. The number of halogens is 2. The summed E-state index contributed by atoms with van der Waals surface area (Å²) in [5.74, 6) is -2.63. The number of hydrogen-bond acceptors (Lipinski definition) is 2. The molecular weight excluding hydrogens is 278 g/mol. The van der Waals surface area contributed by atoms with E-state index in [0.29, 0.717) is 11.6 Å². The molecule has 2 aromatic rings. The highest BCUT2D eigenvalue weighted by Gasteiger charge is 2.10. The van der Waals surface area contributed by atoms with Gasteiger partial charge in [-0.15, -0.1) is 0 Å². The van der Waals surface area contributed by atoms with Crippen LogP contribution in [0.1, 0.15) is 10.4 Å². The second-order valence-electron chi connectivity index (χ2n) is 4.22. The summed E-state index contributed by atoms with van der Waals surface area (Å²) >= 11 is 0. The molecule has 6 heteroatoms. The van der Waals surface area contributed by atoms with Crippen molar-refractivity contribution in [3.8, 4) is 0 Å². The van der Waals surface area contributed by atoms with Gasteiger partial charge in [0.1, 0.15) is 11.6 Å². The molecule has 0 saturated heterocycles. The minimum absolute atomic E-state index is 0.143. The van der Waals surface area contributed by atoms with Crippen molar-refractivity contribution in [3.05, 3.63) is 65.7 Å². The van der Waals surface area contributed by atoms with Crippen LogP contribution in [0.15, 0.2) is 48.5 Å². The fourth-order valence-electron chi connectivity index (χ4n) is 1.64. The SMILES string of the molecule is O=C(CNC(=O)c1ccccc1)Nc1ccc(F)cc1F. The van der Waals surface area contributed by atoms with E-state index in [-0.39, 0.29) is 12.2 Å². The Morgan fingerprint density at radius 1 is 1.00 bits per heavy atom. The number of amides is 2. The summed E-state index contributed by atoms with van der Waals surface area (Å²) in [6, 6.07) is 11.2. The lowest BCUT2D eigenvalue weighted by atomic mass is 10.2. The Morgan fingerprint density at radius 2 is 1.71 bits per heavy atom. The van der Waals surface area contributed by atoms with Crippen molar-refractivity contribution in [1.29, 1.82) is 0 Å². The van der Waals surface area contributed by atoms with Crippen LogP contribution in [-0.2, 0) is 4.79 Å². The Balaban J connectivity index is 1.89. The van der Waals surface area contributed by atoms with Gasteiger partial charge in [-0.2, -0.15) is 0 Å². The van der Waals surface area contributed by atoms with Crippen LogP contribution in [0.3, 0.4) is 0 Å². The van der Waals surface area contributed by atoms with E-state index in [0.717, 1.165) is 12.1 Å². The number of anilines is 1. The molecule has 0 spiro atoms. The topological polar surface area (TPSA) is 58.2 Å². The van der Waals surface area contributed by atoms with Gasteiger partial charge in [0, 0.05) is 11.6 Å². The second-order valence-corrected chi connectivity index (χ2v) is 4.22. The summed E-state index contributed by atoms with van der Waals surface area (Å²) in [4.78, 5) is 23.3. The van der Waals surface area contributed by atoms with Crippen LogP contribution in [0.25, 0.3) is 0 Å². The summed E-state index contributed by atoms with van der Waals surface area (Å²) in [6.45, 7) is -0.315. The molecule has 4 nitrogen and oxygen atoms in total. The van der Waals surface area contributed by atoms with E-state index in [4.69, 9.17) is 0 Å². The smallest absolute Gasteiger partial charge is 0.251 e. The van der Waals surface area contributed by atoms with Crippen molar-refractivity contribution in [3.63, 3.8) is 0 Å². The van der Waals surface area contributed by atoms with E-state index in [1.54, 1.807) is 30.3 Å². The third-order valence-electron chi connectivity index (χ3n) is 2.65. The summed E-state index contributed by atoms with van der Waals surface area (Å²) in [5.41, 5.74) is 0.272. The maximum Gasteiger partial charge on any atom is 0.251 e. The van der Waals surface area contributed by atoms with Crippen molar-refractivity contribution in [2.24, 2.45) is 0 Å². The molecule has 2 rings (SSSR count). The highest BCUT2D eigenvalue weighted by atomic mass is 19.1. The molecule has 0 saturated carbocycles. The lowest BCUT2D eigenvalue weighted by Gasteiger charge is -2.08. The summed E-state index contributed by atoms with van der Waals surface area (Å²) in [5, 5.41) is 4.65. The zero-order chi connectivity index (χ0) is 15.2. The van der Waals surface area contributed by atoms with Gasteiger partial charge in [0.25, 0.3) is 5.91 Å². The summed E-state index contributed by atoms with van der Waals surface area (Å²) in [6.07, 6.45) is 0. The third kappa shape index (κ3) is 4.10. The predicted octanol–water partition coefficient (Wildman–Crippen LogP) is 2.33. The van der Waals surface area contributed by atoms with Crippen molar-refractivity contribution in [2.45, 2.75) is 0 Å². The van der Waals surface area contributed by atoms with Gasteiger partial charge in [-0.1, -0.05) is 18.2 Å². The van der Waals surface area contributed by atoms with E-state index in [9.17, 15) is 18.4 Å². The third-order valence-corrected chi connectivity index (χ3v) is 2.65. The second kappa shape index (κ2) is 6.60. The molecule has 0 radical (unpaired) electrons. The molecule has 2 aromatic carbocycles. The molecule has 0 bridgehead atoms. The van der Waals surface area contributed by atoms with Crippen molar-refractivity contribution in [2.75, 3.05) is 11.9 Å². The molecule has 0 atom stereocenters. The standard InChI is InChI=1S/C15H12F2N2O2/c16-11-6-7-13(12(17)8-11)19-14(20)9-18-15(21)10-4-2-1-3-5-10/h1-8H,9H2,(H,18,21)(H,19,20). The molecule has 0 aliphatic rings. The van der Waals surface area contributed by atoms with Gasteiger partial charge in [0.15, 0.2) is 0 Å². The summed E-state index contributed by atoms with van der Waals surface area (Å²) in [7, 11) is 0. The minimum Gasteiger partial charge on any atom is -0.343 e. The van der Waals surface area contributed by atoms with E-state index in [1.807, 2.05) is 0 Å². The quantitative estimate of drug-likeness (QED) is 0.908. The molecule has 21 heavy (non-hydrogen) atoms. The molecule has 108 valence electrons. The Bertz CT molecular complexity index is 660. The zero-order valence-electron chi connectivity index (χ0n) is 10.9. The Morgan fingerprint density at radius 3 is 2.38 bits per heavy atom. The van der Waals surface area contributed by atoms with Crippen molar-refractivity contribution < 1.29 is 18.4 Å². The first-order valence-electron chi connectivity index (χ1n) is 6.14. The van der Waals surface area contributed by atoms with Crippen LogP contribution in [-0.4, -0.2) is 18.4 Å². The largest absolute Gasteiger partial charge is 0.343 e. The van der Waals surface area contributed by atoms with Gasteiger partial charge >= 0.3 is 0 Å². The Labute approximate surface area is 119 Å². The van der Waals surface area contributed by atoms with Gasteiger partial charge in [-0.05, 0) is 24.3 Å². The molecule has 0 unspecified atom stereocenters. The van der Waals surface area contributed by atoms with Gasteiger partial charge in [0.05, 0.1) is 12.2 Å². The van der Waals surface area contributed by atoms with E-state index >= 15 is 0 Å². The maximum atomic E-state index is 13.3. The molecule has 0 heterocycles. The van der Waals surface area contributed by atoms with Crippen molar-refractivity contribution in [1.82, 2.24) is 5.32 Å². The van der Waals surface area contributed by atoms with E-state index < -0.39 is 23.4 Å². The first kappa shape index (κ1) is 14.6. The first-order valence-corrected chi connectivity index (χ1v) is 6.14. The molecule has 0 fully saturated rings. The lowest BCUT2D eigenvalue weighted by molar-refractivity contribution is -0.115. The minimum atomic E-state index is -0.877. The molecule has 0 aliphatic carbocycles. The highest BCUT2D eigenvalue weighted by Crippen LogP contribution is 2.14. The van der Waals surface area contributed by atoms with Crippen LogP contribution in [0.4, 0.5) is 14.5 Å².